The van der Waals surface area contributed by atoms with Gasteiger partial charge in [0.05, 0.1) is 16.8 Å². The van der Waals surface area contributed by atoms with Gasteiger partial charge in [-0.1, -0.05) is 0 Å². The molecule has 140 valence electrons. The highest BCUT2D eigenvalue weighted by Crippen LogP contribution is 2.29. The first-order valence-corrected chi connectivity index (χ1v) is 9.63. The highest BCUT2D eigenvalue weighted by atomic mass is 32.1. The average Bonchev–Trinajstić information content (AvgIpc) is 3.10. The normalized spacial score (nSPS) is 15.1. The second-order valence-electron chi connectivity index (χ2n) is 6.58. The SMILES string of the molecule is CC(=[NH+]c1nnc(-c2ccc(OC(C)C)c(C#N)c2)s1)C1=C(N)CCNC1. The van der Waals surface area contributed by atoms with Crippen LogP contribution < -0.4 is 20.8 Å². The van der Waals surface area contributed by atoms with Gasteiger partial charge in [-0.05, 0) is 61.8 Å². The second-order valence-corrected chi connectivity index (χ2v) is 7.56. The Kier molecular flexibility index (Phi) is 5.84. The van der Waals surface area contributed by atoms with Gasteiger partial charge in [0.1, 0.15) is 17.5 Å². The molecule has 2 heterocycles. The van der Waals surface area contributed by atoms with Crippen LogP contribution in [0, 0.1) is 11.3 Å². The van der Waals surface area contributed by atoms with E-state index in [0.717, 1.165) is 47.1 Å². The third-order valence-corrected chi connectivity index (χ3v) is 5.03. The maximum Gasteiger partial charge on any atom is 0.408 e. The molecular weight excluding hydrogens is 360 g/mol. The van der Waals surface area contributed by atoms with E-state index in [1.807, 2.05) is 26.8 Å². The van der Waals surface area contributed by atoms with Crippen molar-refractivity contribution in [1.29, 1.82) is 5.26 Å². The third kappa shape index (κ3) is 4.51. The van der Waals surface area contributed by atoms with Crippen LogP contribution in [0.3, 0.4) is 0 Å². The van der Waals surface area contributed by atoms with Crippen LogP contribution in [0.5, 0.6) is 5.75 Å². The molecule has 1 aliphatic heterocycles. The summed E-state index contributed by atoms with van der Waals surface area (Å²) in [5.41, 5.74) is 10.4. The number of nitriles is 1. The number of ether oxygens (including phenoxy) is 1. The van der Waals surface area contributed by atoms with E-state index in [-0.39, 0.29) is 6.10 Å². The molecule has 0 aliphatic carbocycles. The highest BCUT2D eigenvalue weighted by Gasteiger charge is 2.18. The highest BCUT2D eigenvalue weighted by molar-refractivity contribution is 7.17. The zero-order valence-corrected chi connectivity index (χ0v) is 16.5. The summed E-state index contributed by atoms with van der Waals surface area (Å²) in [5, 5.41) is 22.6. The zero-order valence-electron chi connectivity index (χ0n) is 15.7. The number of nitrogens with one attached hydrogen (secondary N) is 2. The van der Waals surface area contributed by atoms with Crippen LogP contribution in [0.15, 0.2) is 29.5 Å². The summed E-state index contributed by atoms with van der Waals surface area (Å²) >= 11 is 1.43. The van der Waals surface area contributed by atoms with E-state index in [1.54, 1.807) is 12.1 Å². The first-order valence-electron chi connectivity index (χ1n) is 8.81. The Morgan fingerprint density at radius 1 is 1.41 bits per heavy atom. The second kappa shape index (κ2) is 8.29. The maximum absolute atomic E-state index is 9.39. The summed E-state index contributed by atoms with van der Waals surface area (Å²) in [6.45, 7) is 7.51. The van der Waals surface area contributed by atoms with Crippen LogP contribution in [-0.2, 0) is 0 Å². The lowest BCUT2D eigenvalue weighted by atomic mass is 10.0. The molecule has 8 heteroatoms. The van der Waals surface area contributed by atoms with E-state index in [2.05, 4.69) is 26.6 Å². The summed E-state index contributed by atoms with van der Waals surface area (Å²) in [7, 11) is 0. The maximum atomic E-state index is 9.39. The molecule has 7 nitrogen and oxygen atoms in total. The number of hydrogen-bond acceptors (Lipinski definition) is 7. The summed E-state index contributed by atoms with van der Waals surface area (Å²) in [4.78, 5) is 3.29. The van der Waals surface area contributed by atoms with E-state index < -0.39 is 0 Å². The predicted molar refractivity (Wildman–Crippen MR) is 106 cm³/mol. The molecular formula is C19H23N6OS+. The quantitative estimate of drug-likeness (QED) is 0.670. The number of aromatic nitrogens is 2. The molecule has 0 bridgehead atoms. The molecule has 4 N–H and O–H groups in total. The number of benzene rings is 1. The van der Waals surface area contributed by atoms with Crippen LogP contribution >= 0.6 is 11.3 Å². The molecule has 0 fully saturated rings. The Morgan fingerprint density at radius 3 is 2.93 bits per heavy atom. The predicted octanol–water partition coefficient (Wildman–Crippen LogP) is 1.24. The van der Waals surface area contributed by atoms with Gasteiger partial charge < -0.3 is 15.8 Å². The van der Waals surface area contributed by atoms with Gasteiger partial charge >= 0.3 is 5.13 Å². The fourth-order valence-electron chi connectivity index (χ4n) is 2.81. The van der Waals surface area contributed by atoms with Crippen LogP contribution in [0.2, 0.25) is 0 Å². The van der Waals surface area contributed by atoms with Crippen molar-refractivity contribution < 1.29 is 9.73 Å². The van der Waals surface area contributed by atoms with Gasteiger partial charge in [-0.25, -0.2) is 4.99 Å². The fourth-order valence-corrected chi connectivity index (χ4v) is 3.60. The molecule has 3 rings (SSSR count). The summed E-state index contributed by atoms with van der Waals surface area (Å²) in [6, 6.07) is 7.66. The molecule has 0 unspecified atom stereocenters. The van der Waals surface area contributed by atoms with Gasteiger partial charge in [0, 0.05) is 29.9 Å². The molecule has 1 aliphatic rings. The lowest BCUT2D eigenvalue weighted by Crippen LogP contribution is -2.66. The minimum absolute atomic E-state index is 0.00909. The minimum Gasteiger partial charge on any atom is -0.490 e. The van der Waals surface area contributed by atoms with Crippen LogP contribution in [0.25, 0.3) is 10.6 Å². The van der Waals surface area contributed by atoms with Gasteiger partial charge in [0.25, 0.3) is 0 Å². The molecule has 2 aromatic rings. The largest absolute Gasteiger partial charge is 0.490 e. The Hall–Kier alpha value is -2.76. The van der Waals surface area contributed by atoms with Gasteiger partial charge in [0.2, 0.25) is 0 Å². The molecule has 1 aromatic carbocycles. The van der Waals surface area contributed by atoms with E-state index in [0.29, 0.717) is 16.4 Å². The summed E-state index contributed by atoms with van der Waals surface area (Å²) in [6.07, 6.45) is 0.854. The Bertz CT molecular complexity index is 938. The molecule has 0 saturated heterocycles. The van der Waals surface area contributed by atoms with Crippen molar-refractivity contribution in [1.82, 2.24) is 15.5 Å². The van der Waals surface area contributed by atoms with E-state index in [1.165, 1.54) is 11.3 Å². The average molecular weight is 384 g/mol. The zero-order chi connectivity index (χ0) is 19.4. The molecule has 0 radical (unpaired) electrons. The topological polar surface area (TPSA) is 111 Å². The molecule has 1 aromatic heterocycles. The van der Waals surface area contributed by atoms with E-state index in [9.17, 15) is 5.26 Å². The minimum atomic E-state index is 0.00909. The molecule has 0 atom stereocenters. The number of nitrogens with two attached hydrogens (primary N) is 1. The lowest BCUT2D eigenvalue weighted by molar-refractivity contribution is -0.354. The van der Waals surface area contributed by atoms with Crippen molar-refractivity contribution in [3.8, 4) is 22.4 Å². The molecule has 0 amide bonds. The van der Waals surface area contributed by atoms with Crippen molar-refractivity contribution in [2.75, 3.05) is 13.1 Å². The molecule has 27 heavy (non-hydrogen) atoms. The number of hydrogen-bond donors (Lipinski definition) is 3. The van der Waals surface area contributed by atoms with Crippen LogP contribution in [-0.4, -0.2) is 35.1 Å². The summed E-state index contributed by atoms with van der Waals surface area (Å²) < 4.78 is 5.67. The fraction of sp³-hybridized carbons (Fsp3) is 0.368. The standard InChI is InChI=1S/C19H22N6OS/c1-11(2)26-17-5-4-13(8-14(17)9-20)18-24-25-19(27-18)23-12(3)15-10-22-7-6-16(15)21/h4-5,8,11,22H,6-7,10,21H2,1-3H3/p+1. The van der Waals surface area contributed by atoms with Crippen molar-refractivity contribution in [2.45, 2.75) is 33.3 Å². The van der Waals surface area contributed by atoms with Crippen molar-refractivity contribution >= 4 is 22.2 Å². The number of nitrogens with zero attached hydrogens (tertiary/aromatic N) is 3. The first-order chi connectivity index (χ1) is 13.0. The van der Waals surface area contributed by atoms with Gasteiger partial charge in [-0.2, -0.15) is 5.26 Å². The van der Waals surface area contributed by atoms with E-state index >= 15 is 0 Å². The first kappa shape index (κ1) is 19.0. The van der Waals surface area contributed by atoms with Crippen LogP contribution in [0.4, 0.5) is 5.13 Å². The van der Waals surface area contributed by atoms with Gasteiger partial charge in [-0.15, -0.1) is 0 Å². The lowest BCUT2D eigenvalue weighted by Gasteiger charge is -2.16. The van der Waals surface area contributed by atoms with Crippen LogP contribution in [0.1, 0.15) is 32.8 Å². The molecule has 0 spiro atoms. The van der Waals surface area contributed by atoms with Gasteiger partial charge in [0.15, 0.2) is 5.01 Å². The van der Waals surface area contributed by atoms with E-state index in [4.69, 9.17) is 10.5 Å². The Balaban J connectivity index is 1.86. The van der Waals surface area contributed by atoms with Gasteiger partial charge in [-0.3, -0.25) is 0 Å². The van der Waals surface area contributed by atoms with Crippen molar-refractivity contribution in [3.63, 3.8) is 0 Å². The Morgan fingerprint density at radius 2 is 2.22 bits per heavy atom. The molecule has 0 saturated carbocycles. The number of rotatable bonds is 5. The van der Waals surface area contributed by atoms with Crippen molar-refractivity contribution in [2.24, 2.45) is 5.73 Å². The van der Waals surface area contributed by atoms with Crippen molar-refractivity contribution in [3.05, 3.63) is 35.0 Å². The smallest absolute Gasteiger partial charge is 0.408 e. The monoisotopic (exact) mass is 383 g/mol. The summed E-state index contributed by atoms with van der Waals surface area (Å²) in [5.74, 6) is 0.579. The third-order valence-electron chi connectivity index (χ3n) is 4.14. The Labute approximate surface area is 162 Å².